The third-order valence-corrected chi connectivity index (χ3v) is 3.68. The number of phenols is 1. The second-order valence-corrected chi connectivity index (χ2v) is 5.14. The Morgan fingerprint density at radius 3 is 2.40 bits per heavy atom. The topological polar surface area (TPSA) is 49.3 Å². The van der Waals surface area contributed by atoms with Gasteiger partial charge in [-0.3, -0.25) is 4.79 Å². The molecule has 3 nitrogen and oxygen atoms in total. The van der Waals surface area contributed by atoms with Crippen molar-refractivity contribution in [3.05, 3.63) is 65.7 Å². The lowest BCUT2D eigenvalue weighted by Gasteiger charge is -2.17. The minimum atomic E-state index is -0.111. The number of carbonyl (C=O) groups is 1. The summed E-state index contributed by atoms with van der Waals surface area (Å²) in [5.74, 6) is 0.0394. The number of phenolic OH excluding ortho intramolecular Hbond substituents is 1. The summed E-state index contributed by atoms with van der Waals surface area (Å²) in [5, 5.41) is 13.3. The quantitative estimate of drug-likeness (QED) is 0.825. The highest BCUT2D eigenvalue weighted by atomic mass is 79.9. The first-order valence-electron chi connectivity index (χ1n) is 6.38. The molecule has 4 heteroatoms. The Hall–Kier alpha value is -1.81. The Balaban J connectivity index is 2.02. The van der Waals surface area contributed by atoms with Crippen molar-refractivity contribution in [2.45, 2.75) is 12.5 Å². The van der Waals surface area contributed by atoms with Crippen molar-refractivity contribution in [2.24, 2.45) is 0 Å². The maximum absolute atomic E-state index is 12.1. The van der Waals surface area contributed by atoms with Crippen LogP contribution in [0.15, 0.2) is 54.6 Å². The molecule has 0 spiro atoms. The van der Waals surface area contributed by atoms with E-state index < -0.39 is 0 Å². The lowest BCUT2D eigenvalue weighted by atomic mass is 10.1. The summed E-state index contributed by atoms with van der Waals surface area (Å²) in [4.78, 5) is 12.1. The van der Waals surface area contributed by atoms with Crippen molar-refractivity contribution in [1.82, 2.24) is 5.32 Å². The minimum Gasteiger partial charge on any atom is -0.508 e. The number of hydrogen-bond acceptors (Lipinski definition) is 2. The van der Waals surface area contributed by atoms with Crippen molar-refractivity contribution >= 4 is 21.8 Å². The second kappa shape index (κ2) is 7.10. The summed E-state index contributed by atoms with van der Waals surface area (Å²) in [6.45, 7) is 0. The van der Waals surface area contributed by atoms with Gasteiger partial charge in [0, 0.05) is 10.9 Å². The fraction of sp³-hybridized carbons (Fsp3) is 0.188. The average Bonchev–Trinajstić information content (AvgIpc) is 2.48. The van der Waals surface area contributed by atoms with E-state index in [9.17, 15) is 9.90 Å². The van der Waals surface area contributed by atoms with Crippen LogP contribution in [0, 0.1) is 0 Å². The number of para-hydroxylation sites is 1. The molecule has 2 aromatic carbocycles. The van der Waals surface area contributed by atoms with Gasteiger partial charge in [0.25, 0.3) is 0 Å². The molecule has 0 saturated heterocycles. The van der Waals surface area contributed by atoms with E-state index in [2.05, 4.69) is 21.2 Å². The van der Waals surface area contributed by atoms with Crippen LogP contribution < -0.4 is 5.32 Å². The summed E-state index contributed by atoms with van der Waals surface area (Å²) in [6.07, 6.45) is 0.170. The fourth-order valence-corrected chi connectivity index (χ4v) is 2.51. The summed E-state index contributed by atoms with van der Waals surface area (Å²) >= 11 is 3.42. The first-order valence-corrected chi connectivity index (χ1v) is 7.50. The van der Waals surface area contributed by atoms with Crippen LogP contribution in [0.25, 0.3) is 0 Å². The highest BCUT2D eigenvalue weighted by Gasteiger charge is 2.14. The van der Waals surface area contributed by atoms with Crippen molar-refractivity contribution in [3.8, 4) is 5.75 Å². The van der Waals surface area contributed by atoms with Gasteiger partial charge in [-0.05, 0) is 11.6 Å². The number of hydrogen-bond donors (Lipinski definition) is 2. The summed E-state index contributed by atoms with van der Waals surface area (Å²) < 4.78 is 0. The van der Waals surface area contributed by atoms with Gasteiger partial charge in [-0.15, -0.1) is 0 Å². The molecule has 0 aliphatic heterocycles. The molecule has 2 rings (SSSR count). The minimum absolute atomic E-state index is 0.0745. The highest BCUT2D eigenvalue weighted by Crippen LogP contribution is 2.18. The molecule has 2 N–H and O–H groups in total. The molecule has 1 amide bonds. The van der Waals surface area contributed by atoms with Crippen molar-refractivity contribution in [2.75, 3.05) is 5.33 Å². The smallest absolute Gasteiger partial charge is 0.225 e. The molecule has 104 valence electrons. The average molecular weight is 334 g/mol. The zero-order valence-electron chi connectivity index (χ0n) is 10.9. The van der Waals surface area contributed by atoms with E-state index in [1.165, 1.54) is 0 Å². The molecule has 0 radical (unpaired) electrons. The van der Waals surface area contributed by atoms with Gasteiger partial charge in [0.1, 0.15) is 5.75 Å². The first-order chi connectivity index (χ1) is 9.70. The van der Waals surface area contributed by atoms with Crippen LogP contribution in [0.3, 0.4) is 0 Å². The van der Waals surface area contributed by atoms with E-state index in [1.807, 2.05) is 36.4 Å². The Kier molecular flexibility index (Phi) is 5.18. The third-order valence-electron chi connectivity index (χ3n) is 3.03. The lowest BCUT2D eigenvalue weighted by molar-refractivity contribution is -0.121. The Bertz CT molecular complexity index is 572. The van der Waals surface area contributed by atoms with Gasteiger partial charge in [-0.2, -0.15) is 0 Å². The van der Waals surface area contributed by atoms with Crippen LogP contribution in [0.1, 0.15) is 17.2 Å². The zero-order chi connectivity index (χ0) is 14.4. The molecule has 2 aromatic rings. The fourth-order valence-electron chi connectivity index (χ4n) is 1.97. The number of amides is 1. The largest absolute Gasteiger partial charge is 0.508 e. The normalized spacial score (nSPS) is 11.8. The number of aromatic hydroxyl groups is 1. The predicted octanol–water partition coefficient (Wildman–Crippen LogP) is 3.19. The van der Waals surface area contributed by atoms with E-state index in [0.29, 0.717) is 10.9 Å². The summed E-state index contributed by atoms with van der Waals surface area (Å²) in [7, 11) is 0. The van der Waals surface area contributed by atoms with E-state index in [0.717, 1.165) is 5.56 Å². The van der Waals surface area contributed by atoms with Gasteiger partial charge in [0.05, 0.1) is 12.5 Å². The third kappa shape index (κ3) is 3.84. The van der Waals surface area contributed by atoms with Gasteiger partial charge in [-0.1, -0.05) is 64.5 Å². The maximum atomic E-state index is 12.1. The van der Waals surface area contributed by atoms with Crippen LogP contribution in [-0.4, -0.2) is 16.3 Å². The first kappa shape index (κ1) is 14.6. The molecule has 0 bridgehead atoms. The Morgan fingerprint density at radius 1 is 1.10 bits per heavy atom. The van der Waals surface area contributed by atoms with E-state index >= 15 is 0 Å². The van der Waals surface area contributed by atoms with Crippen molar-refractivity contribution in [3.63, 3.8) is 0 Å². The maximum Gasteiger partial charge on any atom is 0.225 e. The molecular formula is C16H16BrNO2. The van der Waals surface area contributed by atoms with E-state index in [-0.39, 0.29) is 24.1 Å². The Labute approximate surface area is 126 Å². The molecule has 1 atom stereocenters. The number of nitrogens with one attached hydrogen (secondary N) is 1. The SMILES string of the molecule is O=C(Cc1ccccc1O)NC(CBr)c1ccccc1. The predicted molar refractivity (Wildman–Crippen MR) is 82.9 cm³/mol. The molecule has 0 aliphatic carbocycles. The van der Waals surface area contributed by atoms with Gasteiger partial charge in [0.2, 0.25) is 5.91 Å². The van der Waals surface area contributed by atoms with Gasteiger partial charge >= 0.3 is 0 Å². The lowest BCUT2D eigenvalue weighted by Crippen LogP contribution is -2.30. The van der Waals surface area contributed by atoms with Gasteiger partial charge in [-0.25, -0.2) is 0 Å². The number of alkyl halides is 1. The molecule has 0 aromatic heterocycles. The van der Waals surface area contributed by atoms with Crippen LogP contribution in [0.2, 0.25) is 0 Å². The van der Waals surface area contributed by atoms with Crippen LogP contribution >= 0.6 is 15.9 Å². The molecule has 20 heavy (non-hydrogen) atoms. The summed E-state index contributed by atoms with van der Waals surface area (Å²) in [6, 6.07) is 16.6. The van der Waals surface area contributed by atoms with Crippen molar-refractivity contribution < 1.29 is 9.90 Å². The van der Waals surface area contributed by atoms with Crippen LogP contribution in [-0.2, 0) is 11.2 Å². The number of benzene rings is 2. The summed E-state index contributed by atoms with van der Waals surface area (Å²) in [5.41, 5.74) is 1.68. The second-order valence-electron chi connectivity index (χ2n) is 4.49. The van der Waals surface area contributed by atoms with Crippen LogP contribution in [0.4, 0.5) is 0 Å². The molecular weight excluding hydrogens is 318 g/mol. The standard InChI is InChI=1S/C16H16BrNO2/c17-11-14(12-6-2-1-3-7-12)18-16(20)10-13-8-4-5-9-15(13)19/h1-9,14,19H,10-11H2,(H,18,20). The molecule has 0 heterocycles. The number of rotatable bonds is 5. The van der Waals surface area contributed by atoms with Crippen LogP contribution in [0.5, 0.6) is 5.75 Å². The van der Waals surface area contributed by atoms with Gasteiger partial charge in [0.15, 0.2) is 0 Å². The zero-order valence-corrected chi connectivity index (χ0v) is 12.5. The van der Waals surface area contributed by atoms with E-state index in [4.69, 9.17) is 0 Å². The number of carbonyl (C=O) groups excluding carboxylic acids is 1. The highest BCUT2D eigenvalue weighted by molar-refractivity contribution is 9.09. The monoisotopic (exact) mass is 333 g/mol. The molecule has 0 aliphatic rings. The Morgan fingerprint density at radius 2 is 1.75 bits per heavy atom. The molecule has 0 fully saturated rings. The van der Waals surface area contributed by atoms with Crippen molar-refractivity contribution in [1.29, 1.82) is 0 Å². The van der Waals surface area contributed by atoms with E-state index in [1.54, 1.807) is 18.2 Å². The number of halogens is 1. The molecule has 1 unspecified atom stereocenters. The molecule has 0 saturated carbocycles. The van der Waals surface area contributed by atoms with Gasteiger partial charge < -0.3 is 10.4 Å².